The number of rotatable bonds is 7. The highest BCUT2D eigenvalue weighted by Crippen LogP contribution is 2.45. The Bertz CT molecular complexity index is 4280. The zero-order valence-corrected chi connectivity index (χ0v) is 37.3. The van der Waals surface area contributed by atoms with Gasteiger partial charge in [-0.15, -0.1) is 0 Å². The van der Waals surface area contributed by atoms with Gasteiger partial charge in [-0.05, 0) is 65.2 Å². The number of para-hydroxylation sites is 4. The van der Waals surface area contributed by atoms with E-state index in [4.69, 9.17) is 15.0 Å². The van der Waals surface area contributed by atoms with Crippen molar-refractivity contribution in [3.63, 3.8) is 0 Å². The van der Waals surface area contributed by atoms with E-state index in [9.17, 15) is 0 Å². The van der Waals surface area contributed by atoms with Gasteiger partial charge in [-0.1, -0.05) is 194 Å². The molecule has 0 atom stereocenters. The summed E-state index contributed by atoms with van der Waals surface area (Å²) in [5.41, 5.74) is 15.1. The molecule has 0 amide bonds. The molecular weight excluding hydrogens is 841 g/mol. The molecule has 69 heavy (non-hydrogen) atoms. The van der Waals surface area contributed by atoms with Crippen LogP contribution in [0.25, 0.3) is 128 Å². The van der Waals surface area contributed by atoms with Gasteiger partial charge in [0.05, 0.1) is 38.8 Å². The van der Waals surface area contributed by atoms with Crippen LogP contribution in [0.2, 0.25) is 0 Å². The lowest BCUT2D eigenvalue weighted by atomic mass is 9.98. The molecule has 0 aliphatic rings. The fourth-order valence-corrected chi connectivity index (χ4v) is 10.7. The first-order valence-electron chi connectivity index (χ1n) is 23.4. The molecule has 6 heteroatoms. The molecule has 4 heterocycles. The van der Waals surface area contributed by atoms with E-state index in [1.165, 1.54) is 5.56 Å². The Balaban J connectivity index is 1.09. The van der Waals surface area contributed by atoms with Crippen LogP contribution >= 0.6 is 0 Å². The second-order valence-corrected chi connectivity index (χ2v) is 17.6. The van der Waals surface area contributed by atoms with E-state index < -0.39 is 0 Å². The van der Waals surface area contributed by atoms with Crippen molar-refractivity contribution >= 4 is 65.4 Å². The normalized spacial score (nSPS) is 11.8. The summed E-state index contributed by atoms with van der Waals surface area (Å²) in [7, 11) is 0. The molecule has 4 aromatic heterocycles. The summed E-state index contributed by atoms with van der Waals surface area (Å²) in [5.74, 6) is 1.76. The third-order valence-corrected chi connectivity index (χ3v) is 13.7. The molecule has 0 saturated carbocycles. The lowest BCUT2D eigenvalue weighted by molar-refractivity contribution is 0.956. The molecule has 0 N–H and O–H groups in total. The van der Waals surface area contributed by atoms with Crippen LogP contribution in [0.4, 0.5) is 0 Å². The van der Waals surface area contributed by atoms with E-state index in [0.29, 0.717) is 17.6 Å². The predicted octanol–water partition coefficient (Wildman–Crippen LogP) is 15.8. The van der Waals surface area contributed by atoms with Gasteiger partial charge < -0.3 is 9.13 Å². The fraction of sp³-hybridized carbons (Fsp3) is 0. The number of hydrogen-bond acceptors (Lipinski definition) is 3. The van der Waals surface area contributed by atoms with E-state index in [2.05, 4.69) is 238 Å². The van der Waals surface area contributed by atoms with Crippen molar-refractivity contribution in [2.24, 2.45) is 0 Å². The molecule has 0 radical (unpaired) electrons. The summed E-state index contributed by atoms with van der Waals surface area (Å²) in [6, 6.07) is 86.2. The summed E-state index contributed by atoms with van der Waals surface area (Å²) in [4.78, 5) is 16.4. The zero-order chi connectivity index (χ0) is 45.4. The van der Waals surface area contributed by atoms with Gasteiger partial charge in [-0.25, -0.2) is 4.98 Å². The van der Waals surface area contributed by atoms with Crippen LogP contribution < -0.4 is 0 Å². The van der Waals surface area contributed by atoms with Gasteiger partial charge in [-0.3, -0.25) is 4.57 Å². The second-order valence-electron chi connectivity index (χ2n) is 17.6. The standard InChI is InChI=1S/C63H40N6/c1-5-20-41(21-6-1)44-36-37-46(42-22-7-2-8-23-42)57(40-44)68-54-34-18-15-30-50(54)59-56(68)39-38-48-47-28-13-16-32-52(47)69(60(48)59)63-65-61(43-24-9-3-10-25-43)64-62(66-63)51-31-19-35-55-58(51)49-29-14-17-33-53(49)67(55)45-26-11-4-12-27-45/h1-40H. The minimum absolute atomic E-state index is 0.550. The number of aromatic nitrogens is 6. The first kappa shape index (κ1) is 38.8. The van der Waals surface area contributed by atoms with Crippen LogP contribution in [0.15, 0.2) is 243 Å². The highest BCUT2D eigenvalue weighted by molar-refractivity contribution is 6.26. The van der Waals surface area contributed by atoms with E-state index in [1.54, 1.807) is 0 Å². The highest BCUT2D eigenvalue weighted by Gasteiger charge is 2.25. The Labute approximate surface area is 397 Å². The fourth-order valence-electron chi connectivity index (χ4n) is 10.7. The summed E-state index contributed by atoms with van der Waals surface area (Å²) < 4.78 is 7.08. The molecule has 0 spiro atoms. The summed E-state index contributed by atoms with van der Waals surface area (Å²) >= 11 is 0. The molecule has 0 unspecified atom stereocenters. The van der Waals surface area contributed by atoms with Crippen molar-refractivity contribution in [2.45, 2.75) is 0 Å². The Morgan fingerprint density at radius 1 is 0.275 bits per heavy atom. The molecule has 0 aliphatic heterocycles. The van der Waals surface area contributed by atoms with Crippen LogP contribution in [0, 0.1) is 0 Å². The molecule has 322 valence electrons. The summed E-state index contributed by atoms with van der Waals surface area (Å²) in [6.07, 6.45) is 0. The summed E-state index contributed by atoms with van der Waals surface area (Å²) in [6.45, 7) is 0. The minimum Gasteiger partial charge on any atom is -0.309 e. The maximum Gasteiger partial charge on any atom is 0.238 e. The van der Waals surface area contributed by atoms with Crippen molar-refractivity contribution in [1.29, 1.82) is 0 Å². The maximum absolute atomic E-state index is 5.59. The number of benzene rings is 10. The first-order chi connectivity index (χ1) is 34.3. The van der Waals surface area contributed by atoms with Gasteiger partial charge in [0.25, 0.3) is 0 Å². The van der Waals surface area contributed by atoms with Crippen LogP contribution in [-0.4, -0.2) is 28.7 Å². The molecular formula is C63H40N6. The van der Waals surface area contributed by atoms with Crippen LogP contribution in [0.3, 0.4) is 0 Å². The van der Waals surface area contributed by atoms with E-state index >= 15 is 0 Å². The van der Waals surface area contributed by atoms with Crippen molar-refractivity contribution < 1.29 is 0 Å². The monoisotopic (exact) mass is 880 g/mol. The van der Waals surface area contributed by atoms with Crippen molar-refractivity contribution in [3.05, 3.63) is 243 Å². The smallest absolute Gasteiger partial charge is 0.238 e. The average molecular weight is 881 g/mol. The quantitative estimate of drug-likeness (QED) is 0.160. The van der Waals surface area contributed by atoms with Gasteiger partial charge in [0, 0.05) is 54.7 Å². The Kier molecular flexibility index (Phi) is 8.79. The second kappa shape index (κ2) is 15.6. The van der Waals surface area contributed by atoms with Crippen LogP contribution in [-0.2, 0) is 0 Å². The minimum atomic E-state index is 0.550. The molecule has 6 nitrogen and oxygen atoms in total. The first-order valence-corrected chi connectivity index (χ1v) is 23.4. The summed E-state index contributed by atoms with van der Waals surface area (Å²) in [5, 5.41) is 6.74. The maximum atomic E-state index is 5.59. The Hall–Kier alpha value is -9.39. The number of fused-ring (bicyclic) bond motifs is 10. The number of nitrogens with zero attached hydrogens (tertiary/aromatic N) is 6. The predicted molar refractivity (Wildman–Crippen MR) is 285 cm³/mol. The zero-order valence-electron chi connectivity index (χ0n) is 37.3. The van der Waals surface area contributed by atoms with Gasteiger partial charge >= 0.3 is 0 Å². The SMILES string of the molecule is c1ccc(-c2ccc(-c3ccccc3)c(-n3c4ccccc4c4c3ccc3c5ccccc5n(-c5nc(-c6ccccc6)nc(-c6cccc7c6c6ccccc6n7-c6ccccc6)n5)c34)c2)cc1. The van der Waals surface area contributed by atoms with Crippen molar-refractivity contribution in [1.82, 2.24) is 28.7 Å². The molecule has 14 aromatic rings. The molecule has 14 rings (SSSR count). The van der Waals surface area contributed by atoms with E-state index in [0.717, 1.165) is 105 Å². The molecule has 0 aliphatic carbocycles. The Morgan fingerprint density at radius 2 is 0.812 bits per heavy atom. The highest BCUT2D eigenvalue weighted by atomic mass is 15.2. The van der Waals surface area contributed by atoms with Gasteiger partial charge in [0.2, 0.25) is 5.95 Å². The van der Waals surface area contributed by atoms with Crippen LogP contribution in [0.1, 0.15) is 0 Å². The lowest BCUT2D eigenvalue weighted by Crippen LogP contribution is -2.06. The molecule has 0 saturated heterocycles. The van der Waals surface area contributed by atoms with E-state index in [-0.39, 0.29) is 0 Å². The van der Waals surface area contributed by atoms with Crippen LogP contribution in [0.5, 0.6) is 0 Å². The van der Waals surface area contributed by atoms with Gasteiger partial charge in [-0.2, -0.15) is 9.97 Å². The largest absolute Gasteiger partial charge is 0.309 e. The molecule has 0 bridgehead atoms. The van der Waals surface area contributed by atoms with Crippen molar-refractivity contribution in [3.8, 4) is 62.4 Å². The average Bonchev–Trinajstić information content (AvgIpc) is 4.07. The van der Waals surface area contributed by atoms with Crippen molar-refractivity contribution in [2.75, 3.05) is 0 Å². The third-order valence-electron chi connectivity index (χ3n) is 13.7. The molecule has 10 aromatic carbocycles. The van der Waals surface area contributed by atoms with E-state index in [1.807, 2.05) is 18.2 Å². The third kappa shape index (κ3) is 6.09. The van der Waals surface area contributed by atoms with Gasteiger partial charge in [0.15, 0.2) is 11.6 Å². The topological polar surface area (TPSA) is 53.5 Å². The molecule has 0 fully saturated rings. The number of hydrogen-bond donors (Lipinski definition) is 0. The Morgan fingerprint density at radius 3 is 1.52 bits per heavy atom. The lowest BCUT2D eigenvalue weighted by Gasteiger charge is -2.16. The van der Waals surface area contributed by atoms with Gasteiger partial charge in [0.1, 0.15) is 0 Å².